The third kappa shape index (κ3) is 3.26. The third-order valence-corrected chi connectivity index (χ3v) is 3.22. The molecule has 17 heavy (non-hydrogen) atoms. The molecule has 6 nitrogen and oxygen atoms in total. The van der Waals surface area contributed by atoms with E-state index in [-0.39, 0.29) is 5.91 Å². The monoisotopic (exact) mass is 238 g/mol. The second-order valence-electron chi connectivity index (χ2n) is 4.79. The Morgan fingerprint density at radius 3 is 2.76 bits per heavy atom. The van der Waals surface area contributed by atoms with Gasteiger partial charge in [-0.25, -0.2) is 0 Å². The van der Waals surface area contributed by atoms with E-state index < -0.39 is 5.60 Å². The van der Waals surface area contributed by atoms with Crippen LogP contribution in [0.5, 0.6) is 0 Å². The highest BCUT2D eigenvalue weighted by atomic mass is 16.3. The lowest BCUT2D eigenvalue weighted by molar-refractivity contribution is -0.135. The average molecular weight is 238 g/mol. The zero-order valence-corrected chi connectivity index (χ0v) is 10.0. The van der Waals surface area contributed by atoms with Gasteiger partial charge in [-0.3, -0.25) is 9.48 Å². The smallest absolute Gasteiger partial charge is 0.224 e. The minimum atomic E-state index is -0.608. The summed E-state index contributed by atoms with van der Waals surface area (Å²) >= 11 is 0. The van der Waals surface area contributed by atoms with E-state index in [1.807, 2.05) is 11.8 Å². The van der Waals surface area contributed by atoms with Crippen LogP contribution in [0.4, 0.5) is 0 Å². The first-order valence-electron chi connectivity index (χ1n) is 5.91. The third-order valence-electron chi connectivity index (χ3n) is 3.22. The Balaban J connectivity index is 1.77. The molecule has 0 aliphatic carbocycles. The molecule has 2 heterocycles. The number of aliphatic hydroxyl groups is 1. The molecule has 6 heteroatoms. The maximum atomic E-state index is 11.9. The Morgan fingerprint density at radius 1 is 1.47 bits per heavy atom. The number of nitrogens with zero attached hydrogens (tertiary/aromatic N) is 4. The Bertz CT molecular complexity index is 365. The van der Waals surface area contributed by atoms with Crippen LogP contribution >= 0.6 is 0 Å². The van der Waals surface area contributed by atoms with Crippen LogP contribution in [-0.4, -0.2) is 49.6 Å². The van der Waals surface area contributed by atoms with Crippen molar-refractivity contribution in [3.8, 4) is 0 Å². The number of carbonyl (C=O) groups is 1. The van der Waals surface area contributed by atoms with Crippen molar-refractivity contribution in [2.75, 3.05) is 13.1 Å². The molecule has 94 valence electrons. The van der Waals surface area contributed by atoms with Gasteiger partial charge < -0.3 is 10.0 Å². The van der Waals surface area contributed by atoms with E-state index in [0.29, 0.717) is 38.9 Å². The van der Waals surface area contributed by atoms with Crippen LogP contribution in [0, 0.1) is 0 Å². The SMILES string of the molecule is CC1(O)CCN(C(=O)CCn2ccnn2)CC1. The fourth-order valence-corrected chi connectivity index (χ4v) is 1.96. The molecule has 1 saturated heterocycles. The van der Waals surface area contributed by atoms with E-state index in [4.69, 9.17) is 0 Å². The summed E-state index contributed by atoms with van der Waals surface area (Å²) in [6.07, 6.45) is 5.09. The largest absolute Gasteiger partial charge is 0.390 e. The minimum Gasteiger partial charge on any atom is -0.390 e. The molecular formula is C11H18N4O2. The molecule has 0 unspecified atom stereocenters. The van der Waals surface area contributed by atoms with Crippen LogP contribution < -0.4 is 0 Å². The number of aryl methyl sites for hydroxylation is 1. The first-order valence-corrected chi connectivity index (χ1v) is 5.91. The maximum absolute atomic E-state index is 11.9. The van der Waals surface area contributed by atoms with Crippen molar-refractivity contribution in [1.82, 2.24) is 19.9 Å². The lowest BCUT2D eigenvalue weighted by Crippen LogP contribution is -2.45. The van der Waals surface area contributed by atoms with Crippen LogP contribution in [-0.2, 0) is 11.3 Å². The molecular weight excluding hydrogens is 220 g/mol. The van der Waals surface area contributed by atoms with Crippen LogP contribution in [0.25, 0.3) is 0 Å². The summed E-state index contributed by atoms with van der Waals surface area (Å²) < 4.78 is 1.65. The van der Waals surface area contributed by atoms with E-state index >= 15 is 0 Å². The lowest BCUT2D eigenvalue weighted by Gasteiger charge is -2.35. The fourth-order valence-electron chi connectivity index (χ4n) is 1.96. The predicted octanol–water partition coefficient (Wildman–Crippen LogP) is 0.0416. The number of likely N-dealkylation sites (tertiary alicyclic amines) is 1. The standard InChI is InChI=1S/C11H18N4O2/c1-11(17)3-7-14(8-4-11)10(16)2-6-15-9-5-12-13-15/h5,9,17H,2-4,6-8H2,1H3. The molecule has 0 spiro atoms. The number of rotatable bonds is 3. The number of piperidine rings is 1. The molecule has 0 atom stereocenters. The molecule has 1 N–H and O–H groups in total. The average Bonchev–Trinajstić information content (AvgIpc) is 2.78. The Hall–Kier alpha value is -1.43. The summed E-state index contributed by atoms with van der Waals surface area (Å²) in [5, 5.41) is 17.3. The summed E-state index contributed by atoms with van der Waals surface area (Å²) in [4.78, 5) is 13.7. The van der Waals surface area contributed by atoms with Gasteiger partial charge in [-0.15, -0.1) is 5.10 Å². The van der Waals surface area contributed by atoms with E-state index in [1.54, 1.807) is 17.1 Å². The first-order chi connectivity index (χ1) is 8.07. The highest BCUT2D eigenvalue weighted by Crippen LogP contribution is 2.21. The summed E-state index contributed by atoms with van der Waals surface area (Å²) in [6, 6.07) is 0. The van der Waals surface area contributed by atoms with Gasteiger partial charge in [-0.1, -0.05) is 5.21 Å². The predicted molar refractivity (Wildman–Crippen MR) is 61.1 cm³/mol. The zero-order valence-electron chi connectivity index (χ0n) is 10.0. The van der Waals surface area contributed by atoms with Gasteiger partial charge in [0, 0.05) is 25.7 Å². The lowest BCUT2D eigenvalue weighted by atomic mass is 9.94. The molecule has 1 amide bonds. The highest BCUT2D eigenvalue weighted by Gasteiger charge is 2.29. The number of aromatic nitrogens is 3. The van der Waals surface area contributed by atoms with Gasteiger partial charge in [0.25, 0.3) is 0 Å². The minimum absolute atomic E-state index is 0.121. The summed E-state index contributed by atoms with van der Waals surface area (Å²) in [6.45, 7) is 3.67. The van der Waals surface area contributed by atoms with Gasteiger partial charge in [0.05, 0.1) is 18.3 Å². The van der Waals surface area contributed by atoms with Crippen LogP contribution in [0.15, 0.2) is 12.4 Å². The van der Waals surface area contributed by atoms with Crippen molar-refractivity contribution >= 4 is 5.91 Å². The topological polar surface area (TPSA) is 71.2 Å². The van der Waals surface area contributed by atoms with Gasteiger partial charge in [0.15, 0.2) is 0 Å². The molecule has 1 aromatic rings. The number of hydrogen-bond acceptors (Lipinski definition) is 4. The molecule has 1 fully saturated rings. The second kappa shape index (κ2) is 4.83. The Labute approximate surface area is 100 Å². The summed E-state index contributed by atoms with van der Waals surface area (Å²) in [7, 11) is 0. The fraction of sp³-hybridized carbons (Fsp3) is 0.727. The van der Waals surface area contributed by atoms with E-state index in [2.05, 4.69) is 10.3 Å². The van der Waals surface area contributed by atoms with Crippen LogP contribution in [0.3, 0.4) is 0 Å². The van der Waals surface area contributed by atoms with Gasteiger partial charge in [0.1, 0.15) is 0 Å². The molecule has 0 radical (unpaired) electrons. The van der Waals surface area contributed by atoms with Gasteiger partial charge >= 0.3 is 0 Å². The van der Waals surface area contributed by atoms with E-state index in [0.717, 1.165) is 0 Å². The van der Waals surface area contributed by atoms with E-state index in [1.165, 1.54) is 0 Å². The Morgan fingerprint density at radius 2 is 2.18 bits per heavy atom. The number of amides is 1. The van der Waals surface area contributed by atoms with Crippen molar-refractivity contribution in [2.24, 2.45) is 0 Å². The molecule has 0 saturated carbocycles. The van der Waals surface area contributed by atoms with Crippen molar-refractivity contribution in [3.63, 3.8) is 0 Å². The second-order valence-corrected chi connectivity index (χ2v) is 4.79. The first kappa shape index (κ1) is 12.0. The number of carbonyl (C=O) groups excluding carboxylic acids is 1. The molecule has 0 bridgehead atoms. The van der Waals surface area contributed by atoms with E-state index in [9.17, 15) is 9.90 Å². The molecule has 1 aromatic heterocycles. The van der Waals surface area contributed by atoms with Crippen LogP contribution in [0.2, 0.25) is 0 Å². The normalized spacial score (nSPS) is 19.3. The molecule has 0 aromatic carbocycles. The van der Waals surface area contributed by atoms with Crippen molar-refractivity contribution < 1.29 is 9.90 Å². The van der Waals surface area contributed by atoms with Crippen molar-refractivity contribution in [1.29, 1.82) is 0 Å². The maximum Gasteiger partial charge on any atom is 0.224 e. The summed E-state index contributed by atoms with van der Waals surface area (Å²) in [5.74, 6) is 0.121. The summed E-state index contributed by atoms with van der Waals surface area (Å²) in [5.41, 5.74) is -0.608. The van der Waals surface area contributed by atoms with Crippen molar-refractivity contribution in [2.45, 2.75) is 38.3 Å². The molecule has 2 rings (SSSR count). The van der Waals surface area contributed by atoms with Crippen LogP contribution in [0.1, 0.15) is 26.2 Å². The quantitative estimate of drug-likeness (QED) is 0.807. The highest BCUT2D eigenvalue weighted by molar-refractivity contribution is 5.76. The molecule has 1 aliphatic heterocycles. The van der Waals surface area contributed by atoms with Gasteiger partial charge in [-0.05, 0) is 19.8 Å². The molecule has 1 aliphatic rings. The van der Waals surface area contributed by atoms with Gasteiger partial charge in [0.2, 0.25) is 5.91 Å². The Kier molecular flexibility index (Phi) is 3.42. The van der Waals surface area contributed by atoms with Gasteiger partial charge in [-0.2, -0.15) is 0 Å². The zero-order chi connectivity index (χ0) is 12.3. The number of hydrogen-bond donors (Lipinski definition) is 1. The van der Waals surface area contributed by atoms with Crippen molar-refractivity contribution in [3.05, 3.63) is 12.4 Å².